The highest BCUT2D eigenvalue weighted by Crippen LogP contribution is 2.34. The lowest BCUT2D eigenvalue weighted by atomic mass is 10.2. The predicted octanol–water partition coefficient (Wildman–Crippen LogP) is 4.80. The lowest BCUT2D eigenvalue weighted by molar-refractivity contribution is 1.16. The van der Waals surface area contributed by atoms with Crippen LogP contribution in [0.25, 0.3) is 0 Å². The van der Waals surface area contributed by atoms with Gasteiger partial charge in [-0.2, -0.15) is 0 Å². The molecule has 0 aliphatic carbocycles. The maximum atomic E-state index is 6.03. The smallest absolute Gasteiger partial charge is 0.122 e. The summed E-state index contributed by atoms with van der Waals surface area (Å²) in [7, 11) is 3.12. The number of halogens is 1. The average Bonchev–Trinajstić information content (AvgIpc) is 2.59. The second kappa shape index (κ2) is 5.07. The van der Waals surface area contributed by atoms with Crippen molar-refractivity contribution in [1.29, 1.82) is 0 Å². The standard InChI is InChI=1S/C10H8ClNS3/c11-8-9(14-15-10(8)13)12-6-7-4-2-1-3-5-7/h1-5,12H,6H2. The summed E-state index contributed by atoms with van der Waals surface area (Å²) in [5.74, 6) is 0. The van der Waals surface area contributed by atoms with Gasteiger partial charge in [-0.3, -0.25) is 0 Å². The van der Waals surface area contributed by atoms with E-state index in [0.717, 1.165) is 15.4 Å². The van der Waals surface area contributed by atoms with Crippen molar-refractivity contribution in [3.05, 3.63) is 44.7 Å². The van der Waals surface area contributed by atoms with Crippen molar-refractivity contribution >= 4 is 49.5 Å². The van der Waals surface area contributed by atoms with Crippen molar-refractivity contribution in [3.8, 4) is 0 Å². The van der Waals surface area contributed by atoms with Gasteiger partial charge in [-0.25, -0.2) is 0 Å². The Morgan fingerprint density at radius 2 is 1.93 bits per heavy atom. The van der Waals surface area contributed by atoms with Gasteiger partial charge in [-0.15, -0.1) is 0 Å². The second-order valence-corrected chi connectivity index (χ2v) is 6.13. The van der Waals surface area contributed by atoms with Gasteiger partial charge in [-0.1, -0.05) is 74.8 Å². The van der Waals surface area contributed by atoms with E-state index in [2.05, 4.69) is 17.4 Å². The maximum absolute atomic E-state index is 6.03. The topological polar surface area (TPSA) is 12.0 Å². The Hall–Kier alpha value is -0.420. The molecule has 78 valence electrons. The Morgan fingerprint density at radius 3 is 2.53 bits per heavy atom. The van der Waals surface area contributed by atoms with E-state index in [9.17, 15) is 0 Å². The van der Waals surface area contributed by atoms with Crippen LogP contribution in [0.3, 0.4) is 0 Å². The summed E-state index contributed by atoms with van der Waals surface area (Å²) in [6.07, 6.45) is 0. The summed E-state index contributed by atoms with van der Waals surface area (Å²) in [6, 6.07) is 10.2. The van der Waals surface area contributed by atoms with Gasteiger partial charge in [0.05, 0.1) is 0 Å². The van der Waals surface area contributed by atoms with Crippen molar-refractivity contribution in [1.82, 2.24) is 0 Å². The van der Waals surface area contributed by atoms with E-state index >= 15 is 0 Å². The molecule has 2 aromatic rings. The zero-order valence-electron chi connectivity index (χ0n) is 7.70. The van der Waals surface area contributed by atoms with Gasteiger partial charge in [0.1, 0.15) is 13.8 Å². The minimum Gasteiger partial charge on any atom is -0.371 e. The van der Waals surface area contributed by atoms with Gasteiger partial charge in [0.25, 0.3) is 0 Å². The lowest BCUT2D eigenvalue weighted by Gasteiger charge is -2.03. The van der Waals surface area contributed by atoms with E-state index < -0.39 is 0 Å². The second-order valence-electron chi connectivity index (χ2n) is 2.94. The van der Waals surface area contributed by atoms with E-state index in [1.54, 1.807) is 10.3 Å². The molecule has 1 nitrogen and oxygen atoms in total. The molecule has 0 saturated heterocycles. The lowest BCUT2D eigenvalue weighted by Crippen LogP contribution is -1.97. The van der Waals surface area contributed by atoms with Gasteiger partial charge in [0, 0.05) is 6.54 Å². The van der Waals surface area contributed by atoms with Crippen LogP contribution in [0.15, 0.2) is 30.3 Å². The van der Waals surface area contributed by atoms with E-state index in [4.69, 9.17) is 23.8 Å². The van der Waals surface area contributed by atoms with Crippen molar-refractivity contribution in [3.63, 3.8) is 0 Å². The number of nitrogens with one attached hydrogen (secondary N) is 1. The summed E-state index contributed by atoms with van der Waals surface area (Å²) >= 11 is 11.1. The SMILES string of the molecule is S=c1ssc(NCc2ccccc2)c1Cl. The first-order valence-electron chi connectivity index (χ1n) is 4.34. The van der Waals surface area contributed by atoms with Crippen molar-refractivity contribution in [2.75, 3.05) is 5.32 Å². The van der Waals surface area contributed by atoms with Crippen LogP contribution < -0.4 is 5.32 Å². The monoisotopic (exact) mass is 273 g/mol. The van der Waals surface area contributed by atoms with Gasteiger partial charge < -0.3 is 5.32 Å². The van der Waals surface area contributed by atoms with Crippen LogP contribution in [0.4, 0.5) is 5.00 Å². The number of rotatable bonds is 3. The molecule has 1 aromatic heterocycles. The molecule has 1 N–H and O–H groups in total. The molecule has 0 fully saturated rings. The third-order valence-electron chi connectivity index (χ3n) is 1.88. The van der Waals surface area contributed by atoms with Crippen LogP contribution >= 0.6 is 44.5 Å². The van der Waals surface area contributed by atoms with E-state index in [-0.39, 0.29) is 0 Å². The molecule has 1 heterocycles. The fraction of sp³-hybridized carbons (Fsp3) is 0.100. The van der Waals surface area contributed by atoms with Crippen molar-refractivity contribution < 1.29 is 0 Å². The van der Waals surface area contributed by atoms with Crippen LogP contribution in [0.2, 0.25) is 5.02 Å². The molecule has 0 amide bonds. The molecule has 0 unspecified atom stereocenters. The molecular weight excluding hydrogens is 266 g/mol. The highest BCUT2D eigenvalue weighted by atomic mass is 35.5. The Bertz CT molecular complexity index is 489. The fourth-order valence-electron chi connectivity index (χ4n) is 1.13. The minimum atomic E-state index is 0.677. The molecular formula is C10H8ClNS3. The maximum Gasteiger partial charge on any atom is 0.122 e. The Balaban J connectivity index is 2.06. The molecule has 2 rings (SSSR count). The Morgan fingerprint density at radius 1 is 1.20 bits per heavy atom. The first-order chi connectivity index (χ1) is 7.27. The highest BCUT2D eigenvalue weighted by molar-refractivity contribution is 7.80. The number of hydrogen-bond donors (Lipinski definition) is 1. The molecule has 0 aliphatic heterocycles. The quantitative estimate of drug-likeness (QED) is 0.637. The first kappa shape index (κ1) is 11.1. The molecule has 0 saturated carbocycles. The van der Waals surface area contributed by atoms with Gasteiger partial charge >= 0.3 is 0 Å². The average molecular weight is 274 g/mol. The van der Waals surface area contributed by atoms with Gasteiger partial charge in [0.2, 0.25) is 0 Å². The number of anilines is 1. The van der Waals surface area contributed by atoms with Gasteiger partial charge in [0.15, 0.2) is 0 Å². The summed E-state index contributed by atoms with van der Waals surface area (Å²) in [6.45, 7) is 0.780. The van der Waals surface area contributed by atoms with Crippen LogP contribution in [0.1, 0.15) is 5.56 Å². The Labute approximate surface area is 106 Å². The van der Waals surface area contributed by atoms with Crippen LogP contribution in [-0.2, 0) is 6.54 Å². The normalized spacial score (nSPS) is 10.2. The fourth-order valence-corrected chi connectivity index (χ4v) is 4.04. The van der Waals surface area contributed by atoms with E-state index in [0.29, 0.717) is 5.02 Å². The summed E-state index contributed by atoms with van der Waals surface area (Å²) < 4.78 is 0.761. The molecule has 0 aliphatic rings. The largest absolute Gasteiger partial charge is 0.371 e. The predicted molar refractivity (Wildman–Crippen MR) is 71.8 cm³/mol. The Kier molecular flexibility index (Phi) is 3.75. The molecule has 0 spiro atoms. The highest BCUT2D eigenvalue weighted by Gasteiger charge is 2.04. The van der Waals surface area contributed by atoms with Crippen LogP contribution in [-0.4, -0.2) is 0 Å². The van der Waals surface area contributed by atoms with Crippen LogP contribution in [0.5, 0.6) is 0 Å². The number of benzene rings is 1. The van der Waals surface area contributed by atoms with Crippen molar-refractivity contribution in [2.45, 2.75) is 6.54 Å². The van der Waals surface area contributed by atoms with E-state index in [1.165, 1.54) is 15.9 Å². The number of hydrogen-bond acceptors (Lipinski definition) is 4. The van der Waals surface area contributed by atoms with Crippen molar-refractivity contribution in [2.24, 2.45) is 0 Å². The van der Waals surface area contributed by atoms with E-state index in [1.807, 2.05) is 18.2 Å². The molecule has 0 bridgehead atoms. The summed E-state index contributed by atoms with van der Waals surface area (Å²) in [4.78, 5) is 0. The molecule has 15 heavy (non-hydrogen) atoms. The molecule has 0 atom stereocenters. The first-order valence-corrected chi connectivity index (χ1v) is 7.27. The molecule has 5 heteroatoms. The molecule has 1 aromatic carbocycles. The third-order valence-corrected chi connectivity index (χ3v) is 5.56. The van der Waals surface area contributed by atoms with Crippen LogP contribution in [0, 0.1) is 3.82 Å². The zero-order valence-corrected chi connectivity index (χ0v) is 10.9. The summed E-state index contributed by atoms with van der Waals surface area (Å²) in [5, 5.41) is 4.93. The molecule has 0 radical (unpaired) electrons. The third kappa shape index (κ3) is 2.78. The zero-order chi connectivity index (χ0) is 10.7. The summed E-state index contributed by atoms with van der Waals surface area (Å²) in [5.41, 5.74) is 1.23. The minimum absolute atomic E-state index is 0.677. The van der Waals surface area contributed by atoms with Gasteiger partial charge in [-0.05, 0) is 5.56 Å².